The highest BCUT2D eigenvalue weighted by atomic mass is 16.5. The van der Waals surface area contributed by atoms with Crippen LogP contribution >= 0.6 is 0 Å². The Labute approximate surface area is 170 Å². The van der Waals surface area contributed by atoms with Gasteiger partial charge in [-0.2, -0.15) is 0 Å². The normalized spacial score (nSPS) is 15.9. The second-order valence-corrected chi connectivity index (χ2v) is 7.85. The van der Waals surface area contributed by atoms with Gasteiger partial charge in [0.05, 0.1) is 6.61 Å². The van der Waals surface area contributed by atoms with E-state index in [9.17, 15) is 14.4 Å². The molecule has 1 rings (SSSR count). The fourth-order valence-electron chi connectivity index (χ4n) is 3.56. The first-order chi connectivity index (χ1) is 13.5. The molecule has 0 fully saturated rings. The summed E-state index contributed by atoms with van der Waals surface area (Å²) in [7, 11) is 0. The number of hydrogen-bond donors (Lipinski definition) is 0. The van der Waals surface area contributed by atoms with Crippen molar-refractivity contribution in [3.63, 3.8) is 0 Å². The minimum Gasteiger partial charge on any atom is -0.464 e. The van der Waals surface area contributed by atoms with Gasteiger partial charge in [0.15, 0.2) is 0 Å². The summed E-state index contributed by atoms with van der Waals surface area (Å²) < 4.78 is 5.56. The van der Waals surface area contributed by atoms with Crippen LogP contribution in [0.25, 0.3) is 0 Å². The first-order valence-electron chi connectivity index (χ1n) is 11.3. The SMILES string of the molecule is CCCCCCCCCC(C(=O)OCC(CC)CCCC)N1C(=O)C=CC1=O. The van der Waals surface area contributed by atoms with Crippen LogP contribution < -0.4 is 0 Å². The first-order valence-corrected chi connectivity index (χ1v) is 11.3. The number of ether oxygens (including phenoxy) is 1. The van der Waals surface area contributed by atoms with Crippen molar-refractivity contribution >= 4 is 17.8 Å². The molecular formula is C23H39NO4. The maximum atomic E-state index is 12.7. The Balaban J connectivity index is 2.56. The fraction of sp³-hybridized carbons (Fsp3) is 0.783. The minimum absolute atomic E-state index is 0.339. The van der Waals surface area contributed by atoms with Crippen LogP contribution in [0.5, 0.6) is 0 Å². The lowest BCUT2D eigenvalue weighted by atomic mass is 10.0. The molecular weight excluding hydrogens is 354 g/mol. The molecule has 0 bridgehead atoms. The molecule has 2 unspecified atom stereocenters. The molecule has 2 atom stereocenters. The molecule has 2 amide bonds. The van der Waals surface area contributed by atoms with Crippen molar-refractivity contribution in [2.75, 3.05) is 6.61 Å². The van der Waals surface area contributed by atoms with Crippen LogP contribution in [0.3, 0.4) is 0 Å². The number of rotatable bonds is 16. The molecule has 0 radical (unpaired) electrons. The molecule has 0 N–H and O–H groups in total. The van der Waals surface area contributed by atoms with Gasteiger partial charge in [0.25, 0.3) is 11.8 Å². The van der Waals surface area contributed by atoms with Gasteiger partial charge >= 0.3 is 5.97 Å². The predicted octanol–water partition coefficient (Wildman–Crippen LogP) is 5.18. The number of hydrogen-bond acceptors (Lipinski definition) is 4. The monoisotopic (exact) mass is 393 g/mol. The molecule has 5 heteroatoms. The summed E-state index contributed by atoms with van der Waals surface area (Å²) in [5.41, 5.74) is 0. The van der Waals surface area contributed by atoms with Gasteiger partial charge in [-0.1, -0.05) is 85.0 Å². The molecule has 5 nitrogen and oxygen atoms in total. The molecule has 0 aromatic carbocycles. The Morgan fingerprint density at radius 2 is 1.43 bits per heavy atom. The quantitative estimate of drug-likeness (QED) is 0.206. The van der Waals surface area contributed by atoms with Crippen LogP contribution in [0.2, 0.25) is 0 Å². The van der Waals surface area contributed by atoms with Gasteiger partial charge in [-0.05, 0) is 18.8 Å². The lowest BCUT2D eigenvalue weighted by Gasteiger charge is -2.25. The average molecular weight is 394 g/mol. The molecule has 1 aliphatic rings. The maximum absolute atomic E-state index is 12.7. The lowest BCUT2D eigenvalue weighted by Crippen LogP contribution is -2.46. The van der Waals surface area contributed by atoms with Gasteiger partial charge in [0.2, 0.25) is 0 Å². The lowest BCUT2D eigenvalue weighted by molar-refractivity contribution is -0.159. The number of amides is 2. The maximum Gasteiger partial charge on any atom is 0.329 e. The second kappa shape index (κ2) is 14.4. The summed E-state index contributed by atoms with van der Waals surface area (Å²) in [4.78, 5) is 38.0. The van der Waals surface area contributed by atoms with Crippen molar-refractivity contribution in [3.8, 4) is 0 Å². The smallest absolute Gasteiger partial charge is 0.329 e. The summed E-state index contributed by atoms with van der Waals surface area (Å²) in [6.07, 6.45) is 15.0. The van der Waals surface area contributed by atoms with Crippen LogP contribution in [-0.4, -0.2) is 35.3 Å². The largest absolute Gasteiger partial charge is 0.464 e. The first kappa shape index (κ1) is 24.4. The van der Waals surface area contributed by atoms with E-state index in [-0.39, 0.29) is 0 Å². The molecule has 1 aliphatic heterocycles. The Morgan fingerprint density at radius 3 is 2.00 bits per heavy atom. The van der Waals surface area contributed by atoms with E-state index in [1.165, 1.54) is 37.8 Å². The van der Waals surface area contributed by atoms with E-state index in [1.54, 1.807) is 0 Å². The Bertz CT molecular complexity index is 497. The van der Waals surface area contributed by atoms with Crippen molar-refractivity contribution in [1.29, 1.82) is 0 Å². The van der Waals surface area contributed by atoms with Crippen LogP contribution in [0.4, 0.5) is 0 Å². The van der Waals surface area contributed by atoms with E-state index in [4.69, 9.17) is 4.74 Å². The summed E-state index contributed by atoms with van der Waals surface area (Å²) in [5.74, 6) is -0.918. The Kier molecular flexibility index (Phi) is 12.5. The fourth-order valence-corrected chi connectivity index (χ4v) is 3.56. The van der Waals surface area contributed by atoms with E-state index < -0.39 is 23.8 Å². The molecule has 0 aromatic rings. The van der Waals surface area contributed by atoms with E-state index in [2.05, 4.69) is 20.8 Å². The predicted molar refractivity (Wildman–Crippen MR) is 112 cm³/mol. The van der Waals surface area contributed by atoms with Gasteiger partial charge in [-0.15, -0.1) is 0 Å². The summed E-state index contributed by atoms with van der Waals surface area (Å²) in [6.45, 7) is 6.81. The van der Waals surface area contributed by atoms with Crippen molar-refractivity contribution in [1.82, 2.24) is 4.90 Å². The number of carbonyl (C=O) groups is 3. The number of unbranched alkanes of at least 4 members (excludes halogenated alkanes) is 7. The standard InChI is InChI=1S/C23H39NO4/c1-4-7-9-10-11-12-13-15-20(24-21(25)16-17-22(24)26)23(27)28-18-19(6-3)14-8-5-2/h16-17,19-20H,4-15,18H2,1-3H3. The molecule has 0 spiro atoms. The Morgan fingerprint density at radius 1 is 0.857 bits per heavy atom. The number of nitrogens with zero attached hydrogens (tertiary/aromatic N) is 1. The highest BCUT2D eigenvalue weighted by Crippen LogP contribution is 2.19. The molecule has 160 valence electrons. The third-order valence-corrected chi connectivity index (χ3v) is 5.51. The van der Waals surface area contributed by atoms with Gasteiger partial charge in [-0.3, -0.25) is 14.5 Å². The summed E-state index contributed by atoms with van der Waals surface area (Å²) in [6, 6.07) is -0.797. The van der Waals surface area contributed by atoms with Gasteiger partial charge in [0.1, 0.15) is 6.04 Å². The zero-order chi connectivity index (χ0) is 20.8. The van der Waals surface area contributed by atoms with Crippen molar-refractivity contribution in [3.05, 3.63) is 12.2 Å². The number of carbonyl (C=O) groups excluding carboxylic acids is 3. The summed E-state index contributed by atoms with van der Waals surface area (Å²) in [5, 5.41) is 0. The molecule has 0 aliphatic carbocycles. The number of esters is 1. The Hall–Kier alpha value is -1.65. The average Bonchev–Trinajstić information content (AvgIpc) is 3.02. The van der Waals surface area contributed by atoms with Gasteiger partial charge in [-0.25, -0.2) is 4.79 Å². The third kappa shape index (κ3) is 8.57. The van der Waals surface area contributed by atoms with E-state index in [1.807, 2.05) is 0 Å². The van der Waals surface area contributed by atoms with E-state index >= 15 is 0 Å². The van der Waals surface area contributed by atoms with Crippen LogP contribution in [0, 0.1) is 5.92 Å². The van der Waals surface area contributed by atoms with E-state index in [0.29, 0.717) is 18.9 Å². The highest BCUT2D eigenvalue weighted by molar-refractivity contribution is 6.14. The number of imide groups is 1. The third-order valence-electron chi connectivity index (χ3n) is 5.51. The van der Waals surface area contributed by atoms with Crippen molar-refractivity contribution in [2.45, 2.75) is 104 Å². The molecule has 0 saturated heterocycles. The highest BCUT2D eigenvalue weighted by Gasteiger charge is 2.36. The molecule has 28 heavy (non-hydrogen) atoms. The zero-order valence-corrected chi connectivity index (χ0v) is 18.1. The van der Waals surface area contributed by atoms with Gasteiger partial charge in [0, 0.05) is 12.2 Å². The van der Waals surface area contributed by atoms with Gasteiger partial charge < -0.3 is 4.74 Å². The molecule has 1 heterocycles. The van der Waals surface area contributed by atoms with Crippen LogP contribution in [0.15, 0.2) is 12.2 Å². The second-order valence-electron chi connectivity index (χ2n) is 7.85. The van der Waals surface area contributed by atoms with Crippen LogP contribution in [-0.2, 0) is 19.1 Å². The van der Waals surface area contributed by atoms with Crippen molar-refractivity contribution in [2.24, 2.45) is 5.92 Å². The van der Waals surface area contributed by atoms with Crippen molar-refractivity contribution < 1.29 is 19.1 Å². The van der Waals surface area contributed by atoms with E-state index in [0.717, 1.165) is 49.8 Å². The molecule has 0 saturated carbocycles. The topological polar surface area (TPSA) is 63.7 Å². The summed E-state index contributed by atoms with van der Waals surface area (Å²) >= 11 is 0. The zero-order valence-electron chi connectivity index (χ0n) is 18.1. The minimum atomic E-state index is -0.797. The molecule has 0 aromatic heterocycles. The van der Waals surface area contributed by atoms with Crippen LogP contribution in [0.1, 0.15) is 97.8 Å².